The molecule has 0 radical (unpaired) electrons. The van der Waals surface area contributed by atoms with Crippen LogP contribution in [0.1, 0.15) is 66.1 Å². The summed E-state index contributed by atoms with van der Waals surface area (Å²) in [6.45, 7) is 8.61. The number of ether oxygens (including phenoxy) is 2. The largest absolute Gasteiger partial charge is 0.465 e. The first-order valence-electron chi connectivity index (χ1n) is 14.1. The van der Waals surface area contributed by atoms with E-state index >= 15 is 0 Å². The van der Waals surface area contributed by atoms with E-state index in [4.69, 9.17) is 9.47 Å². The second-order valence-corrected chi connectivity index (χ2v) is 12.2. The Morgan fingerprint density at radius 3 is 2.77 bits per heavy atom. The second kappa shape index (κ2) is 9.89. The SMILES string of the molecule is COC1(C(=O)N2CCc3cc(C(C)(C)Cc4cnc5[nH]cc(C)c5c4)cc([C@@H]4COCCN4C(=O)O)c3C2)CC1. The van der Waals surface area contributed by atoms with Crippen LogP contribution in [0, 0.1) is 6.92 Å². The fourth-order valence-corrected chi connectivity index (χ4v) is 6.44. The van der Waals surface area contributed by atoms with E-state index in [1.807, 2.05) is 17.3 Å². The number of pyridine rings is 1. The molecule has 1 saturated heterocycles. The van der Waals surface area contributed by atoms with Crippen molar-refractivity contribution in [2.75, 3.05) is 33.4 Å². The number of H-pyrrole nitrogens is 1. The van der Waals surface area contributed by atoms with E-state index in [1.54, 1.807) is 7.11 Å². The Hall–Kier alpha value is -3.43. The van der Waals surface area contributed by atoms with Crippen LogP contribution < -0.4 is 0 Å². The van der Waals surface area contributed by atoms with Crippen molar-refractivity contribution in [1.29, 1.82) is 0 Å². The van der Waals surface area contributed by atoms with Crippen LogP contribution in [0.25, 0.3) is 11.0 Å². The van der Waals surface area contributed by atoms with Crippen molar-refractivity contribution in [2.24, 2.45) is 0 Å². The molecule has 6 rings (SSSR count). The number of carboxylic acid groups (broad SMARTS) is 1. The highest BCUT2D eigenvalue weighted by Crippen LogP contribution is 2.43. The Labute approximate surface area is 234 Å². The van der Waals surface area contributed by atoms with Crippen LogP contribution in [-0.4, -0.2) is 75.9 Å². The molecule has 2 aromatic heterocycles. The molecule has 1 atom stereocenters. The topological polar surface area (TPSA) is 108 Å². The van der Waals surface area contributed by atoms with E-state index in [0.29, 0.717) is 39.3 Å². The van der Waals surface area contributed by atoms with Gasteiger partial charge in [-0.3, -0.25) is 9.69 Å². The Kier molecular flexibility index (Phi) is 6.62. The molecule has 1 aromatic carbocycles. The first kappa shape index (κ1) is 26.8. The molecule has 4 heterocycles. The fraction of sp³-hybridized carbons (Fsp3) is 0.516. The number of amides is 2. The van der Waals surface area contributed by atoms with Crippen LogP contribution in [0.15, 0.2) is 30.6 Å². The monoisotopic (exact) mass is 546 g/mol. The number of fused-ring (bicyclic) bond motifs is 2. The smallest absolute Gasteiger partial charge is 0.407 e. The summed E-state index contributed by atoms with van der Waals surface area (Å²) >= 11 is 0. The van der Waals surface area contributed by atoms with Crippen LogP contribution in [0.3, 0.4) is 0 Å². The van der Waals surface area contributed by atoms with Gasteiger partial charge in [-0.05, 0) is 77.5 Å². The standard InChI is InChI=1S/C31H38N4O5/c1-19-15-32-27-23(19)11-20(16-33-27)14-30(2,3)22-12-21-5-8-34(28(36)31(39-4)6-7-31)17-25(21)24(13-22)26-18-40-10-9-35(26)29(37)38/h11-13,15-16,26H,5-10,14,17-18H2,1-4H3,(H,32,33)(H,37,38)/t26-/m0/s1. The van der Waals surface area contributed by atoms with Gasteiger partial charge < -0.3 is 24.5 Å². The molecule has 9 heteroatoms. The minimum Gasteiger partial charge on any atom is -0.465 e. The Bertz CT molecular complexity index is 1470. The summed E-state index contributed by atoms with van der Waals surface area (Å²) in [5, 5.41) is 11.2. The number of rotatable bonds is 6. The lowest BCUT2D eigenvalue weighted by Crippen LogP contribution is -2.46. The zero-order valence-electron chi connectivity index (χ0n) is 23.7. The van der Waals surface area contributed by atoms with Crippen molar-refractivity contribution in [1.82, 2.24) is 19.8 Å². The van der Waals surface area contributed by atoms with E-state index in [9.17, 15) is 14.7 Å². The molecule has 0 spiro atoms. The molecule has 40 heavy (non-hydrogen) atoms. The Morgan fingerprint density at radius 1 is 1.25 bits per heavy atom. The van der Waals surface area contributed by atoms with Gasteiger partial charge in [0.25, 0.3) is 5.91 Å². The van der Waals surface area contributed by atoms with E-state index in [-0.39, 0.29) is 11.3 Å². The molecule has 3 aliphatic rings. The highest BCUT2D eigenvalue weighted by Gasteiger charge is 2.53. The molecule has 1 aliphatic carbocycles. The average Bonchev–Trinajstić information content (AvgIpc) is 3.68. The third kappa shape index (κ3) is 4.65. The van der Waals surface area contributed by atoms with Crippen molar-refractivity contribution in [2.45, 2.75) is 70.1 Å². The molecule has 1 saturated carbocycles. The van der Waals surface area contributed by atoms with Gasteiger partial charge in [0, 0.05) is 44.5 Å². The lowest BCUT2D eigenvalue weighted by Gasteiger charge is -2.39. The first-order valence-corrected chi connectivity index (χ1v) is 14.1. The summed E-state index contributed by atoms with van der Waals surface area (Å²) in [5.74, 6) is 0.0360. The van der Waals surface area contributed by atoms with Gasteiger partial charge in [0.1, 0.15) is 11.2 Å². The number of morpholine rings is 1. The number of carbonyl (C=O) groups excluding carboxylic acids is 1. The maximum atomic E-state index is 13.4. The normalized spacial score (nSPS) is 20.4. The van der Waals surface area contributed by atoms with Crippen LogP contribution in [0.4, 0.5) is 4.79 Å². The van der Waals surface area contributed by atoms with Crippen molar-refractivity contribution < 1.29 is 24.2 Å². The van der Waals surface area contributed by atoms with E-state index in [1.165, 1.54) is 16.0 Å². The zero-order chi connectivity index (χ0) is 28.2. The molecule has 212 valence electrons. The zero-order valence-corrected chi connectivity index (χ0v) is 23.7. The number of aromatic amines is 1. The van der Waals surface area contributed by atoms with E-state index in [0.717, 1.165) is 52.5 Å². The molecule has 2 N–H and O–H groups in total. The van der Waals surface area contributed by atoms with Gasteiger partial charge in [0.05, 0.1) is 19.3 Å². The van der Waals surface area contributed by atoms with Crippen LogP contribution >= 0.6 is 0 Å². The molecule has 9 nitrogen and oxygen atoms in total. The number of hydrogen-bond donors (Lipinski definition) is 2. The van der Waals surface area contributed by atoms with Gasteiger partial charge in [0.2, 0.25) is 0 Å². The number of hydrogen-bond acceptors (Lipinski definition) is 5. The fourth-order valence-electron chi connectivity index (χ4n) is 6.44. The Balaban J connectivity index is 1.39. The summed E-state index contributed by atoms with van der Waals surface area (Å²) in [4.78, 5) is 36.9. The third-order valence-corrected chi connectivity index (χ3v) is 9.10. The number of carbonyl (C=O) groups is 2. The number of aryl methyl sites for hydroxylation is 1. The third-order valence-electron chi connectivity index (χ3n) is 9.10. The van der Waals surface area contributed by atoms with Crippen molar-refractivity contribution in [3.63, 3.8) is 0 Å². The van der Waals surface area contributed by atoms with E-state index < -0.39 is 17.7 Å². The number of methoxy groups -OCH3 is 1. The summed E-state index contributed by atoms with van der Waals surface area (Å²) in [5.41, 5.74) is 6.60. The molecular weight excluding hydrogens is 508 g/mol. The van der Waals surface area contributed by atoms with Gasteiger partial charge >= 0.3 is 6.09 Å². The first-order chi connectivity index (χ1) is 19.1. The second-order valence-electron chi connectivity index (χ2n) is 12.2. The minimum atomic E-state index is -0.951. The average molecular weight is 547 g/mol. The van der Waals surface area contributed by atoms with Gasteiger partial charge in [0.15, 0.2) is 0 Å². The summed E-state index contributed by atoms with van der Waals surface area (Å²) in [7, 11) is 1.61. The summed E-state index contributed by atoms with van der Waals surface area (Å²) in [6.07, 6.45) is 5.96. The molecule has 0 unspecified atom stereocenters. The van der Waals surface area contributed by atoms with Gasteiger partial charge in [-0.1, -0.05) is 26.0 Å². The van der Waals surface area contributed by atoms with Gasteiger partial charge in [-0.25, -0.2) is 9.78 Å². The van der Waals surface area contributed by atoms with Crippen molar-refractivity contribution in [3.05, 3.63) is 64.0 Å². The van der Waals surface area contributed by atoms with Gasteiger partial charge in [-0.2, -0.15) is 0 Å². The molecule has 2 aliphatic heterocycles. The summed E-state index contributed by atoms with van der Waals surface area (Å²) < 4.78 is 11.4. The van der Waals surface area contributed by atoms with Crippen LogP contribution in [0.2, 0.25) is 0 Å². The Morgan fingerprint density at radius 2 is 2.05 bits per heavy atom. The van der Waals surface area contributed by atoms with Crippen molar-refractivity contribution >= 4 is 23.0 Å². The lowest BCUT2D eigenvalue weighted by atomic mass is 9.76. The molecule has 2 amide bonds. The molecule has 3 aromatic rings. The van der Waals surface area contributed by atoms with E-state index in [2.05, 4.69) is 48.9 Å². The highest BCUT2D eigenvalue weighted by atomic mass is 16.5. The summed E-state index contributed by atoms with van der Waals surface area (Å²) in [6, 6.07) is 6.22. The predicted molar refractivity (Wildman–Crippen MR) is 150 cm³/mol. The van der Waals surface area contributed by atoms with Crippen LogP contribution in [0.5, 0.6) is 0 Å². The molecule has 0 bridgehead atoms. The number of nitrogens with one attached hydrogen (secondary N) is 1. The quantitative estimate of drug-likeness (QED) is 0.471. The van der Waals surface area contributed by atoms with Crippen LogP contribution in [-0.2, 0) is 39.1 Å². The predicted octanol–water partition coefficient (Wildman–Crippen LogP) is 4.51. The maximum Gasteiger partial charge on any atom is 0.407 e. The number of nitrogens with zero attached hydrogens (tertiary/aromatic N) is 3. The van der Waals surface area contributed by atoms with Gasteiger partial charge in [-0.15, -0.1) is 0 Å². The number of aromatic nitrogens is 2. The number of benzene rings is 1. The molecular formula is C31H38N4O5. The highest BCUT2D eigenvalue weighted by molar-refractivity contribution is 5.88. The van der Waals surface area contributed by atoms with Crippen molar-refractivity contribution in [3.8, 4) is 0 Å². The lowest BCUT2D eigenvalue weighted by molar-refractivity contribution is -0.145. The molecule has 2 fully saturated rings. The minimum absolute atomic E-state index is 0.0360. The maximum absolute atomic E-state index is 13.4.